The smallest absolute Gasteiger partial charge is 0.387 e. The number of aliphatic hydroxyl groups excluding tert-OH is 1. The van der Waals surface area contributed by atoms with E-state index in [2.05, 4.69) is 67.8 Å². The summed E-state index contributed by atoms with van der Waals surface area (Å²) >= 11 is 0. The van der Waals surface area contributed by atoms with Gasteiger partial charge in [-0.05, 0) is 57.8 Å². The van der Waals surface area contributed by atoms with Gasteiger partial charge in [-0.15, -0.1) is 0 Å². The monoisotopic (exact) mass is 1020 g/mol. The first-order chi connectivity index (χ1) is 34.5. The molecule has 8 nitrogen and oxygen atoms in total. The number of phosphoric acid groups is 1. The van der Waals surface area contributed by atoms with Crippen LogP contribution in [0.1, 0.15) is 277 Å². The molecule has 0 bridgehead atoms. The summed E-state index contributed by atoms with van der Waals surface area (Å²) in [5, 5.41) is 14.0. The maximum atomic E-state index is 13.0. The van der Waals surface area contributed by atoms with Crippen molar-refractivity contribution in [1.82, 2.24) is 5.32 Å². The minimum atomic E-state index is -4.35. The number of phosphoric ester groups is 1. The van der Waals surface area contributed by atoms with Crippen molar-refractivity contribution in [2.75, 3.05) is 40.9 Å². The zero-order valence-electron chi connectivity index (χ0n) is 47.5. The zero-order valence-corrected chi connectivity index (χ0v) is 48.4. The molecule has 0 rings (SSSR count). The van der Waals surface area contributed by atoms with Crippen LogP contribution in [0, 0.1) is 0 Å². The normalized spacial score (nSPS) is 14.3. The summed E-state index contributed by atoms with van der Waals surface area (Å²) in [4.78, 5) is 23.3. The van der Waals surface area contributed by atoms with Crippen molar-refractivity contribution in [3.63, 3.8) is 0 Å². The molecule has 416 valence electrons. The van der Waals surface area contributed by atoms with Gasteiger partial charge in [0.15, 0.2) is 0 Å². The molecule has 0 spiro atoms. The van der Waals surface area contributed by atoms with Gasteiger partial charge in [0.1, 0.15) is 13.2 Å². The van der Waals surface area contributed by atoms with E-state index in [4.69, 9.17) is 9.05 Å². The van der Waals surface area contributed by atoms with E-state index in [0.717, 1.165) is 64.2 Å². The third-order valence-corrected chi connectivity index (χ3v) is 14.5. The number of likely N-dealkylation sites (N-methyl/N-ethyl adjacent to an activating group) is 1. The number of nitrogens with zero attached hydrogens (tertiary/aromatic N) is 1. The van der Waals surface area contributed by atoms with Crippen molar-refractivity contribution < 1.29 is 32.9 Å². The van der Waals surface area contributed by atoms with E-state index in [0.29, 0.717) is 17.4 Å². The summed E-state index contributed by atoms with van der Waals surface area (Å²) in [5.41, 5.74) is 0. The van der Waals surface area contributed by atoms with E-state index in [1.165, 1.54) is 193 Å². The lowest BCUT2D eigenvalue weighted by atomic mass is 10.0. The van der Waals surface area contributed by atoms with Gasteiger partial charge >= 0.3 is 7.82 Å². The van der Waals surface area contributed by atoms with Crippen LogP contribution in [0.4, 0.5) is 0 Å². The highest BCUT2D eigenvalue weighted by molar-refractivity contribution is 7.47. The molecule has 9 heteroatoms. The lowest BCUT2D eigenvalue weighted by Crippen LogP contribution is -2.45. The van der Waals surface area contributed by atoms with Crippen LogP contribution in [0.25, 0.3) is 0 Å². The van der Waals surface area contributed by atoms with E-state index in [1.54, 1.807) is 6.08 Å². The topological polar surface area (TPSA) is 105 Å². The average Bonchev–Trinajstić information content (AvgIpc) is 3.33. The molecule has 3 unspecified atom stereocenters. The summed E-state index contributed by atoms with van der Waals surface area (Å²) in [7, 11) is 1.57. The Labute approximate surface area is 441 Å². The SMILES string of the molecule is CC/C=C\C/C=C\C/C=C\C/C=C\CCCCCCCCCCCCC(=O)NC(COP(=O)(O)OCC[N+](C)(C)C)C(O)/C=C/CCCCCCCCCCCCCCCCCCCCCCCCCC. The third-order valence-electron chi connectivity index (χ3n) is 13.5. The van der Waals surface area contributed by atoms with E-state index in [9.17, 15) is 19.4 Å². The number of aliphatic hydroxyl groups is 1. The number of hydrogen-bond acceptors (Lipinski definition) is 5. The number of amides is 1. The van der Waals surface area contributed by atoms with Gasteiger partial charge in [-0.2, -0.15) is 0 Å². The molecule has 0 aromatic rings. The quantitative estimate of drug-likeness (QED) is 0.0243. The fourth-order valence-corrected chi connectivity index (χ4v) is 9.54. The number of carbonyl (C=O) groups excluding carboxylic acids is 1. The molecular weight excluding hydrogens is 900 g/mol. The van der Waals surface area contributed by atoms with Gasteiger partial charge in [0.25, 0.3) is 0 Å². The predicted octanol–water partition coefficient (Wildman–Crippen LogP) is 18.5. The van der Waals surface area contributed by atoms with Crippen LogP contribution in [-0.2, 0) is 18.4 Å². The number of nitrogens with one attached hydrogen (secondary N) is 1. The molecule has 0 saturated carbocycles. The fraction of sp³-hybridized carbons (Fsp3) is 0.823. The van der Waals surface area contributed by atoms with Crippen molar-refractivity contribution >= 4 is 13.7 Å². The van der Waals surface area contributed by atoms with Gasteiger partial charge in [0.2, 0.25) is 5.91 Å². The van der Waals surface area contributed by atoms with Gasteiger partial charge < -0.3 is 19.8 Å². The van der Waals surface area contributed by atoms with Crippen LogP contribution in [0.2, 0.25) is 0 Å². The Kier molecular flexibility index (Phi) is 51.7. The number of unbranched alkanes of at least 4 members (excludes halogenated alkanes) is 34. The fourth-order valence-electron chi connectivity index (χ4n) is 8.80. The molecule has 3 atom stereocenters. The molecule has 0 aliphatic carbocycles. The van der Waals surface area contributed by atoms with Crippen LogP contribution < -0.4 is 5.32 Å². The Morgan fingerprint density at radius 3 is 1.24 bits per heavy atom. The third kappa shape index (κ3) is 55.8. The van der Waals surface area contributed by atoms with Gasteiger partial charge in [0, 0.05) is 6.42 Å². The van der Waals surface area contributed by atoms with E-state index in [1.807, 2.05) is 27.2 Å². The highest BCUT2D eigenvalue weighted by atomic mass is 31.2. The van der Waals surface area contributed by atoms with Gasteiger partial charge in [-0.3, -0.25) is 13.8 Å². The standard InChI is InChI=1S/C62H117N2O6P/c1-6-8-10-12-14-16-18-20-22-24-26-28-30-31-32-34-35-37-39-41-43-45-47-49-51-53-55-61(65)60(59-70-71(67,68)69-58-57-64(3,4)5)63-62(66)56-54-52-50-48-46-44-42-40-38-36-33-29-27-25-23-21-19-17-15-13-11-9-7-2/h9,11,15,17,21,23,27,29,53,55,60-61,65H,6-8,10,12-14,16,18-20,22,24-26,28,30-52,54,56-59H2,1-5H3,(H-,63,66,67,68)/p+1/b11-9-,17-15-,23-21-,29-27-,55-53+. The molecule has 0 radical (unpaired) electrons. The van der Waals surface area contributed by atoms with Gasteiger partial charge in [-0.25, -0.2) is 4.57 Å². The summed E-state index contributed by atoms with van der Waals surface area (Å²) in [5.74, 6) is -0.180. The van der Waals surface area contributed by atoms with E-state index >= 15 is 0 Å². The van der Waals surface area contributed by atoms with Crippen molar-refractivity contribution in [2.45, 2.75) is 289 Å². The first kappa shape index (κ1) is 69.2. The minimum Gasteiger partial charge on any atom is -0.387 e. The molecule has 0 aromatic carbocycles. The number of quaternary nitrogens is 1. The number of carbonyl (C=O) groups is 1. The Bertz CT molecular complexity index is 1340. The average molecular weight is 1020 g/mol. The summed E-state index contributed by atoms with van der Waals surface area (Å²) < 4.78 is 23.7. The summed E-state index contributed by atoms with van der Waals surface area (Å²) in [6.45, 7) is 4.73. The van der Waals surface area contributed by atoms with Crippen molar-refractivity contribution in [3.05, 3.63) is 60.8 Å². The molecule has 0 aromatic heterocycles. The highest BCUT2D eigenvalue weighted by Gasteiger charge is 2.27. The van der Waals surface area contributed by atoms with Crippen molar-refractivity contribution in [1.29, 1.82) is 0 Å². The van der Waals surface area contributed by atoms with Gasteiger partial charge in [-0.1, -0.05) is 274 Å². The number of hydrogen-bond donors (Lipinski definition) is 3. The first-order valence-corrected chi connectivity index (χ1v) is 31.7. The molecule has 0 saturated heterocycles. The molecular formula is C62H118N2O6P+. The minimum absolute atomic E-state index is 0.0591. The second-order valence-corrected chi connectivity index (χ2v) is 23.2. The molecule has 71 heavy (non-hydrogen) atoms. The highest BCUT2D eigenvalue weighted by Crippen LogP contribution is 2.43. The Morgan fingerprint density at radius 2 is 0.845 bits per heavy atom. The van der Waals surface area contributed by atoms with Crippen LogP contribution in [0.15, 0.2) is 60.8 Å². The Hall–Kier alpha value is -1.80. The molecule has 0 fully saturated rings. The summed E-state index contributed by atoms with van der Waals surface area (Å²) in [6, 6.07) is -0.852. The van der Waals surface area contributed by atoms with E-state index < -0.39 is 20.0 Å². The van der Waals surface area contributed by atoms with Crippen molar-refractivity contribution in [3.8, 4) is 0 Å². The largest absolute Gasteiger partial charge is 0.472 e. The van der Waals surface area contributed by atoms with Gasteiger partial charge in [0.05, 0.1) is 39.9 Å². The maximum Gasteiger partial charge on any atom is 0.472 e. The van der Waals surface area contributed by atoms with Crippen molar-refractivity contribution in [2.24, 2.45) is 0 Å². The lowest BCUT2D eigenvalue weighted by molar-refractivity contribution is -0.870. The molecule has 0 aliphatic rings. The summed E-state index contributed by atoms with van der Waals surface area (Å²) in [6.07, 6.45) is 71.8. The molecule has 3 N–H and O–H groups in total. The number of rotatable bonds is 55. The maximum absolute atomic E-state index is 13.0. The molecule has 0 aliphatic heterocycles. The Morgan fingerprint density at radius 1 is 0.493 bits per heavy atom. The van der Waals surface area contributed by atoms with Crippen LogP contribution >= 0.6 is 7.82 Å². The molecule has 0 heterocycles. The Balaban J connectivity index is 4.19. The predicted molar refractivity (Wildman–Crippen MR) is 309 cm³/mol. The lowest BCUT2D eigenvalue weighted by Gasteiger charge is -2.25. The van der Waals surface area contributed by atoms with Crippen LogP contribution in [0.3, 0.4) is 0 Å². The first-order valence-electron chi connectivity index (χ1n) is 30.2. The second kappa shape index (κ2) is 53.0. The zero-order chi connectivity index (χ0) is 52.0. The van der Waals surface area contributed by atoms with E-state index in [-0.39, 0.29) is 19.1 Å². The molecule has 1 amide bonds. The number of allylic oxidation sites excluding steroid dienone is 9. The van der Waals surface area contributed by atoms with Crippen LogP contribution in [-0.4, -0.2) is 73.4 Å². The second-order valence-electron chi connectivity index (χ2n) is 21.7. The van der Waals surface area contributed by atoms with Crippen LogP contribution in [0.5, 0.6) is 0 Å².